The maximum atomic E-state index is 12.7. The number of aliphatic hydroxyl groups is 4. The molecule has 25 heteroatoms. The van der Waals surface area contributed by atoms with Crippen LogP contribution in [0.25, 0.3) is 5.57 Å². The zero-order valence-corrected chi connectivity index (χ0v) is 52.6. The maximum absolute atomic E-state index is 12.7. The quantitative estimate of drug-likeness (QED) is 0.0758. The van der Waals surface area contributed by atoms with Crippen LogP contribution in [0.1, 0.15) is 68.6 Å². The average molecular weight is 1460 g/mol. The Kier molecular flexibility index (Phi) is 27.2. The summed E-state index contributed by atoms with van der Waals surface area (Å²) < 4.78 is 102. The summed E-state index contributed by atoms with van der Waals surface area (Å²) in [7, 11) is -6.66. The molecule has 2 unspecified atom stereocenters. The summed E-state index contributed by atoms with van der Waals surface area (Å²) in [5.74, 6) is -0.356. The summed E-state index contributed by atoms with van der Waals surface area (Å²) in [5, 5.41) is 44.7. The molecule has 4 aromatic carbocycles. The summed E-state index contributed by atoms with van der Waals surface area (Å²) >= 11 is 3.11. The number of carbonyl (C=O) groups excluding carboxylic acids is 1. The van der Waals surface area contributed by atoms with E-state index < -0.39 is 46.1 Å². The number of thiophene rings is 2. The Hall–Kier alpha value is -4.16. The van der Waals surface area contributed by atoms with Crippen molar-refractivity contribution in [3.63, 3.8) is 0 Å². The van der Waals surface area contributed by atoms with Gasteiger partial charge in [-0.1, -0.05) is 92.5 Å². The first-order chi connectivity index (χ1) is 36.3. The summed E-state index contributed by atoms with van der Waals surface area (Å²) in [6.07, 6.45) is 0. The number of anilines is 1. The molecule has 0 bridgehead atoms. The van der Waals surface area contributed by atoms with E-state index in [4.69, 9.17) is 19.3 Å². The number of ketones is 1. The van der Waals surface area contributed by atoms with Crippen molar-refractivity contribution in [3.05, 3.63) is 176 Å². The van der Waals surface area contributed by atoms with E-state index in [1.165, 1.54) is 59.4 Å². The minimum atomic E-state index is -6.06. The number of carbonyl (C=O) groups is 1. The van der Waals surface area contributed by atoms with Gasteiger partial charge in [-0.25, -0.2) is 21.2 Å². The molecule has 0 spiro atoms. The third-order valence-corrected chi connectivity index (χ3v) is 19.1. The third kappa shape index (κ3) is 22.4. The number of sulfonamides is 2. The Morgan fingerprint density at radius 2 is 1.09 bits per heavy atom. The van der Waals surface area contributed by atoms with Gasteiger partial charge in [0.05, 0.1) is 13.2 Å². The first-order valence-corrected chi connectivity index (χ1v) is 34.1. The monoisotopic (exact) mass is 1460 g/mol. The molecule has 78 heavy (non-hydrogen) atoms. The Bertz CT molecular complexity index is 3210. The number of allylic oxidation sites excluding steroid dienone is 1. The molecule has 0 saturated carbocycles. The second-order valence-corrected chi connectivity index (χ2v) is 28.7. The Balaban J connectivity index is 0.000000265. The van der Waals surface area contributed by atoms with Crippen LogP contribution in [0.2, 0.25) is 0 Å². The van der Waals surface area contributed by atoms with Crippen LogP contribution in [-0.2, 0) is 60.2 Å². The van der Waals surface area contributed by atoms with Gasteiger partial charge in [-0.15, -0.1) is 22.7 Å². The zero-order valence-electron chi connectivity index (χ0n) is 43.6. The van der Waals surface area contributed by atoms with Crippen molar-refractivity contribution in [1.82, 2.24) is 13.9 Å². The molecule has 2 aromatic heterocycles. The molecule has 2 fully saturated rings. The van der Waals surface area contributed by atoms with Gasteiger partial charge in [0.1, 0.15) is 25.4 Å². The van der Waals surface area contributed by atoms with Gasteiger partial charge >= 0.3 is 29.0 Å². The summed E-state index contributed by atoms with van der Waals surface area (Å²) in [4.78, 5) is 12.8. The molecular weight excluding hydrogens is 1400 g/mol. The Morgan fingerprint density at radius 3 is 1.46 bits per heavy atom. The van der Waals surface area contributed by atoms with Gasteiger partial charge in [-0.3, -0.25) is 4.79 Å². The van der Waals surface area contributed by atoms with Gasteiger partial charge in [0.25, 0.3) is 20.0 Å². The van der Waals surface area contributed by atoms with Crippen molar-refractivity contribution in [2.75, 3.05) is 57.4 Å². The predicted octanol–water partition coefficient (Wildman–Crippen LogP) is 9.26. The van der Waals surface area contributed by atoms with Gasteiger partial charge in [0, 0.05) is 71.5 Å². The van der Waals surface area contributed by atoms with Crippen molar-refractivity contribution in [2.45, 2.75) is 73.2 Å². The number of Topliss-reactive ketones (excluding diaryl/α,β-unsaturated/α-hetero) is 1. The molecule has 0 aliphatic carbocycles. The fourth-order valence-electron chi connectivity index (χ4n) is 7.14. The molecule has 0 amide bonds. The van der Waals surface area contributed by atoms with Crippen LogP contribution >= 0.6 is 54.5 Å². The number of nitrogens with one attached hydrogen (secondary N) is 1. The molecule has 0 radical (unpaired) electrons. The first kappa shape index (κ1) is 68.1. The fourth-order valence-corrected chi connectivity index (χ4v) is 13.0. The van der Waals surface area contributed by atoms with Crippen LogP contribution < -0.4 is 10.2 Å². The molecule has 4 heterocycles. The molecule has 6 aromatic rings. The molecule has 2 aliphatic rings. The molecule has 17 nitrogen and oxygen atoms in total. The van der Waals surface area contributed by atoms with E-state index in [1.807, 2.05) is 69.3 Å². The van der Waals surface area contributed by atoms with E-state index in [0.29, 0.717) is 57.8 Å². The van der Waals surface area contributed by atoms with Crippen molar-refractivity contribution in [2.24, 2.45) is 0 Å². The van der Waals surface area contributed by atoms with E-state index in [-0.39, 0.29) is 36.9 Å². The van der Waals surface area contributed by atoms with E-state index >= 15 is 0 Å². The molecule has 8 rings (SSSR count). The summed E-state index contributed by atoms with van der Waals surface area (Å²) in [5.41, 5.74) is 2.78. The normalized spacial score (nSPS) is 17.4. The van der Waals surface area contributed by atoms with E-state index in [1.54, 1.807) is 81.7 Å². The van der Waals surface area contributed by atoms with Crippen molar-refractivity contribution in [3.8, 4) is 0 Å². The van der Waals surface area contributed by atoms with Crippen LogP contribution in [0.3, 0.4) is 0 Å². The number of aliphatic hydroxyl groups excluding tert-OH is 2. The summed E-state index contributed by atoms with van der Waals surface area (Å²) in [6, 6.07) is 35.3. The van der Waals surface area contributed by atoms with Gasteiger partial charge in [0.15, 0.2) is 5.78 Å². The first-order valence-electron chi connectivity index (χ1n) is 23.7. The molecule has 2 aliphatic heterocycles. The third-order valence-electron chi connectivity index (χ3n) is 11.6. The number of rotatable bonds is 11. The molecule has 428 valence electrons. The average Bonchev–Trinajstić information content (AvgIpc) is 4.16. The van der Waals surface area contributed by atoms with Gasteiger partial charge in [0.2, 0.25) is 0 Å². The van der Waals surface area contributed by atoms with Crippen LogP contribution in [0, 0.1) is 5.82 Å². The Labute approximate surface area is 483 Å². The van der Waals surface area contributed by atoms with Crippen LogP contribution in [-0.4, -0.2) is 116 Å². The standard InChI is InChI=1S/C18H24N2O4S2.C9H11BrO2.C9H9Br.C9H14N2O2S2.C8H7FO.4O.Os/c1-14-12-19(26(23,24)17-4-3-11-25-17)9-10-20(14)16-7-5-15(6-8-16)18(2,22)13-21;1-9(12,6-11)7-2-4-8(10)5-3-7;1-7(2)8-3-5-9(10)6-4-8;1-8-7-11(5-4-10-8)15(12,13)9-3-2-6-14-9;1-6(10)7-2-4-8(9)5-3-7;;;;;/h3-8,11,14,21-22H,9-10,12-13H2,1-2H3;2-5,11-12H,6H2,1H3;3-6H,1H2,2H3;2-3,6,8,10H,4-5,7H2,1H3;2-5H,1H3;;;;;/t14-,18?;;;8-;;;;;;/m0..0....../s1. The van der Waals surface area contributed by atoms with Gasteiger partial charge in [-0.05, 0) is 142 Å². The SMILES string of the molecule is C=C(C)c1ccc(Br)cc1.CC(=O)c1ccc(F)cc1.CC(O)(CO)c1ccc(Br)cc1.C[C@H]1CN(S(=O)(=O)c2cccs2)CCN1.C[C@H]1CN(S(=O)(=O)c2cccs2)CCN1c1ccc(C(C)(O)CO)cc1.[O]=[Os](=[O])(=[O])=[O]. The zero-order chi connectivity index (χ0) is 58.6. The number of hydrogen-bond acceptors (Lipinski definition) is 17. The topological polar surface area (TPSA) is 256 Å². The molecule has 2 saturated heterocycles. The molecule has 4 atom stereocenters. The number of nitrogens with zero attached hydrogens (tertiary/aromatic N) is 3. The van der Waals surface area contributed by atoms with Crippen molar-refractivity contribution in [1.29, 1.82) is 0 Å². The predicted molar refractivity (Wildman–Crippen MR) is 302 cm³/mol. The second kappa shape index (κ2) is 31.2. The fraction of sp³-hybridized carbons (Fsp3) is 0.340. The van der Waals surface area contributed by atoms with Crippen molar-refractivity contribution < 1.29 is 75.4 Å². The van der Waals surface area contributed by atoms with Crippen LogP contribution in [0.4, 0.5) is 10.1 Å². The summed E-state index contributed by atoms with van der Waals surface area (Å²) in [6.45, 7) is 17.1. The molecular formula is C53H65Br2FN4O13OsS4. The van der Waals surface area contributed by atoms with Gasteiger partial charge < -0.3 is 30.6 Å². The van der Waals surface area contributed by atoms with Crippen LogP contribution in [0.5, 0.6) is 0 Å². The van der Waals surface area contributed by atoms with E-state index in [9.17, 15) is 41.3 Å². The Morgan fingerprint density at radius 1 is 0.679 bits per heavy atom. The van der Waals surface area contributed by atoms with E-state index in [0.717, 1.165) is 26.8 Å². The van der Waals surface area contributed by atoms with E-state index in [2.05, 4.69) is 48.7 Å². The van der Waals surface area contributed by atoms with Crippen LogP contribution in [0.15, 0.2) is 156 Å². The molecule has 5 N–H and O–H groups in total. The minimum absolute atomic E-state index is 0.0303. The second-order valence-electron chi connectivity index (χ2n) is 18.1. The number of piperazine rings is 2. The van der Waals surface area contributed by atoms with Crippen molar-refractivity contribution >= 4 is 91.6 Å². The number of benzene rings is 4. The number of halogens is 3. The van der Waals surface area contributed by atoms with Gasteiger partial charge in [-0.2, -0.15) is 8.61 Å². The number of hydrogen-bond donors (Lipinski definition) is 5.